The second kappa shape index (κ2) is 7.58. The van der Waals surface area contributed by atoms with E-state index in [9.17, 15) is 5.11 Å². The van der Waals surface area contributed by atoms with Crippen molar-refractivity contribution in [1.82, 2.24) is 9.80 Å². The van der Waals surface area contributed by atoms with Crippen LogP contribution in [0.5, 0.6) is 0 Å². The molecule has 0 unspecified atom stereocenters. The van der Waals surface area contributed by atoms with Crippen LogP contribution in [-0.4, -0.2) is 54.2 Å². The van der Waals surface area contributed by atoms with E-state index in [1.165, 1.54) is 5.57 Å². The van der Waals surface area contributed by atoms with Crippen LogP contribution in [0.25, 0.3) is 0 Å². The van der Waals surface area contributed by atoms with Crippen molar-refractivity contribution in [3.05, 3.63) is 47.5 Å². The van der Waals surface area contributed by atoms with Gasteiger partial charge in [-0.3, -0.25) is 9.80 Å². The monoisotopic (exact) mass is 274 g/mol. The van der Waals surface area contributed by atoms with Gasteiger partial charge in [0.15, 0.2) is 0 Å². The van der Waals surface area contributed by atoms with Crippen molar-refractivity contribution in [3.8, 4) is 0 Å². The maximum atomic E-state index is 10.3. The topological polar surface area (TPSA) is 26.7 Å². The molecule has 1 heterocycles. The molecular weight excluding hydrogens is 248 g/mol. The van der Waals surface area contributed by atoms with Crippen molar-refractivity contribution in [2.75, 3.05) is 39.3 Å². The lowest BCUT2D eigenvalue weighted by Crippen LogP contribution is -2.47. The number of β-amino-alcohol motifs (C(OH)–C–C–N with tert-alkyl or cyclic N) is 1. The highest BCUT2D eigenvalue weighted by Gasteiger charge is 2.19. The lowest BCUT2D eigenvalue weighted by Gasteiger charge is -2.35. The average Bonchev–Trinajstić information content (AvgIpc) is 2.47. The van der Waals surface area contributed by atoms with Crippen LogP contribution in [0.15, 0.2) is 42.0 Å². The maximum Gasteiger partial charge on any atom is 0.0916 e. The summed E-state index contributed by atoms with van der Waals surface area (Å²) in [5, 5.41) is 10.3. The molecule has 0 spiro atoms. The molecule has 110 valence electrons. The molecule has 0 aromatic heterocycles. The summed E-state index contributed by atoms with van der Waals surface area (Å²) < 4.78 is 0. The standard InChI is InChI=1S/C17H26N2O/c1-15(2)8-9-18-10-12-19(13-11-18)14-17(20)16-6-4-3-5-7-16/h3-8,17,20H,9-14H2,1-2H3/t17-/m0/s1. The number of nitrogens with zero attached hydrogens (tertiary/aromatic N) is 2. The Morgan fingerprint density at radius 1 is 1.10 bits per heavy atom. The first-order chi connectivity index (χ1) is 9.65. The number of aliphatic hydroxyl groups excluding tert-OH is 1. The highest BCUT2D eigenvalue weighted by Crippen LogP contribution is 2.14. The summed E-state index contributed by atoms with van der Waals surface area (Å²) in [6.07, 6.45) is 1.91. The minimum absolute atomic E-state index is 0.375. The Hall–Kier alpha value is -1.16. The van der Waals surface area contributed by atoms with Crippen molar-refractivity contribution >= 4 is 0 Å². The summed E-state index contributed by atoms with van der Waals surface area (Å²) in [6.45, 7) is 10.3. The molecule has 1 fully saturated rings. The molecule has 2 rings (SSSR count). The number of hydrogen-bond donors (Lipinski definition) is 1. The lowest BCUT2D eigenvalue weighted by molar-refractivity contribution is 0.0763. The molecule has 0 radical (unpaired) electrons. The zero-order valence-corrected chi connectivity index (χ0v) is 12.6. The highest BCUT2D eigenvalue weighted by molar-refractivity contribution is 5.17. The second-order valence-corrected chi connectivity index (χ2v) is 5.81. The summed E-state index contributed by atoms with van der Waals surface area (Å²) in [5.74, 6) is 0. The zero-order valence-electron chi connectivity index (χ0n) is 12.6. The minimum atomic E-state index is -0.375. The van der Waals surface area contributed by atoms with Crippen LogP contribution >= 0.6 is 0 Å². The molecule has 0 amide bonds. The fourth-order valence-electron chi connectivity index (χ4n) is 2.49. The van der Waals surface area contributed by atoms with Gasteiger partial charge in [0.1, 0.15) is 0 Å². The van der Waals surface area contributed by atoms with E-state index in [0.717, 1.165) is 44.8 Å². The number of benzene rings is 1. The van der Waals surface area contributed by atoms with Gasteiger partial charge in [-0.05, 0) is 19.4 Å². The van der Waals surface area contributed by atoms with Gasteiger partial charge in [-0.2, -0.15) is 0 Å². The number of hydrogen-bond acceptors (Lipinski definition) is 3. The Balaban J connectivity index is 1.76. The zero-order chi connectivity index (χ0) is 14.4. The van der Waals surface area contributed by atoms with Crippen LogP contribution in [0.1, 0.15) is 25.5 Å². The van der Waals surface area contributed by atoms with E-state index >= 15 is 0 Å². The number of rotatable bonds is 5. The summed E-state index contributed by atoms with van der Waals surface area (Å²) in [4.78, 5) is 4.83. The van der Waals surface area contributed by atoms with Crippen molar-refractivity contribution in [2.24, 2.45) is 0 Å². The molecule has 0 aliphatic carbocycles. The first-order valence-electron chi connectivity index (χ1n) is 7.46. The fourth-order valence-corrected chi connectivity index (χ4v) is 2.49. The summed E-state index contributed by atoms with van der Waals surface area (Å²) in [6, 6.07) is 9.94. The van der Waals surface area contributed by atoms with Gasteiger partial charge in [0, 0.05) is 39.3 Å². The smallest absolute Gasteiger partial charge is 0.0916 e. The van der Waals surface area contributed by atoms with Crippen LogP contribution in [0.2, 0.25) is 0 Å². The van der Waals surface area contributed by atoms with Crippen molar-refractivity contribution < 1.29 is 5.11 Å². The van der Waals surface area contributed by atoms with Crippen LogP contribution < -0.4 is 0 Å². The van der Waals surface area contributed by atoms with E-state index in [4.69, 9.17) is 0 Å². The van der Waals surface area contributed by atoms with Gasteiger partial charge in [0.05, 0.1) is 6.10 Å². The number of allylic oxidation sites excluding steroid dienone is 1. The van der Waals surface area contributed by atoms with Gasteiger partial charge >= 0.3 is 0 Å². The van der Waals surface area contributed by atoms with Gasteiger partial charge in [-0.25, -0.2) is 0 Å². The third kappa shape index (κ3) is 4.75. The van der Waals surface area contributed by atoms with E-state index in [1.807, 2.05) is 30.3 Å². The molecule has 3 nitrogen and oxygen atoms in total. The molecule has 0 bridgehead atoms. The first kappa shape index (κ1) is 15.2. The summed E-state index contributed by atoms with van der Waals surface area (Å²) >= 11 is 0. The van der Waals surface area contributed by atoms with E-state index in [1.54, 1.807) is 0 Å². The van der Waals surface area contributed by atoms with E-state index in [2.05, 4.69) is 29.7 Å². The minimum Gasteiger partial charge on any atom is -0.387 e. The number of piperazine rings is 1. The van der Waals surface area contributed by atoms with Crippen molar-refractivity contribution in [2.45, 2.75) is 20.0 Å². The van der Waals surface area contributed by atoms with Gasteiger partial charge in [0.2, 0.25) is 0 Å². The van der Waals surface area contributed by atoms with Gasteiger partial charge in [-0.1, -0.05) is 42.0 Å². The van der Waals surface area contributed by atoms with E-state index in [-0.39, 0.29) is 6.10 Å². The average molecular weight is 274 g/mol. The normalized spacial score (nSPS) is 18.8. The van der Waals surface area contributed by atoms with Crippen LogP contribution in [0.4, 0.5) is 0 Å². The Morgan fingerprint density at radius 2 is 1.70 bits per heavy atom. The maximum absolute atomic E-state index is 10.3. The van der Waals surface area contributed by atoms with Gasteiger partial charge in [0.25, 0.3) is 0 Å². The molecule has 1 N–H and O–H groups in total. The van der Waals surface area contributed by atoms with Crippen LogP contribution in [0, 0.1) is 0 Å². The Labute approximate surface area is 122 Å². The molecule has 1 aromatic rings. The molecule has 1 aliphatic heterocycles. The third-order valence-electron chi connectivity index (χ3n) is 3.84. The lowest BCUT2D eigenvalue weighted by atomic mass is 10.1. The van der Waals surface area contributed by atoms with Gasteiger partial charge < -0.3 is 5.11 Å². The van der Waals surface area contributed by atoms with Crippen LogP contribution in [0.3, 0.4) is 0 Å². The predicted octanol–water partition coefficient (Wildman–Crippen LogP) is 2.30. The molecule has 1 aliphatic rings. The fraction of sp³-hybridized carbons (Fsp3) is 0.529. The summed E-state index contributed by atoms with van der Waals surface area (Å²) in [5.41, 5.74) is 2.39. The summed E-state index contributed by atoms with van der Waals surface area (Å²) in [7, 11) is 0. The van der Waals surface area contributed by atoms with Crippen LogP contribution in [-0.2, 0) is 0 Å². The van der Waals surface area contributed by atoms with Crippen molar-refractivity contribution in [3.63, 3.8) is 0 Å². The largest absolute Gasteiger partial charge is 0.387 e. The molecule has 20 heavy (non-hydrogen) atoms. The molecule has 1 aromatic carbocycles. The third-order valence-corrected chi connectivity index (χ3v) is 3.84. The Kier molecular flexibility index (Phi) is 5.77. The Morgan fingerprint density at radius 3 is 2.30 bits per heavy atom. The second-order valence-electron chi connectivity index (χ2n) is 5.81. The predicted molar refractivity (Wildman–Crippen MR) is 83.7 cm³/mol. The first-order valence-corrected chi connectivity index (χ1v) is 7.46. The number of aliphatic hydroxyl groups is 1. The quantitative estimate of drug-likeness (QED) is 0.835. The Bertz CT molecular complexity index is 418. The molecular formula is C17H26N2O. The molecule has 1 saturated heterocycles. The van der Waals surface area contributed by atoms with Crippen molar-refractivity contribution in [1.29, 1.82) is 0 Å². The molecule has 0 saturated carbocycles. The SMILES string of the molecule is CC(C)=CCN1CCN(C[C@H](O)c2ccccc2)CC1. The van der Waals surface area contributed by atoms with Gasteiger partial charge in [-0.15, -0.1) is 0 Å². The molecule has 3 heteroatoms. The van der Waals surface area contributed by atoms with E-state index < -0.39 is 0 Å². The van der Waals surface area contributed by atoms with E-state index in [0.29, 0.717) is 0 Å². The highest BCUT2D eigenvalue weighted by atomic mass is 16.3. The molecule has 1 atom stereocenters.